The Kier molecular flexibility index (Phi) is 1.85. The average molecular weight is 251 g/mol. The SMILES string of the molecule is Nc1ncnc2c1cnn2-c1c[nH]c2ncccc12. The molecule has 0 aliphatic carbocycles. The van der Waals surface area contributed by atoms with Gasteiger partial charge in [-0.1, -0.05) is 0 Å². The van der Waals surface area contributed by atoms with Crippen molar-refractivity contribution in [2.75, 3.05) is 5.73 Å². The number of H-pyrrole nitrogens is 1. The van der Waals surface area contributed by atoms with E-state index in [1.807, 2.05) is 18.3 Å². The highest BCUT2D eigenvalue weighted by molar-refractivity contribution is 5.90. The Morgan fingerprint density at radius 3 is 3.05 bits per heavy atom. The number of hydrogen-bond donors (Lipinski definition) is 2. The third-order valence-corrected chi connectivity index (χ3v) is 3.05. The minimum absolute atomic E-state index is 0.425. The number of aromatic nitrogens is 6. The molecule has 0 aliphatic heterocycles. The Labute approximate surface area is 107 Å². The summed E-state index contributed by atoms with van der Waals surface area (Å²) in [6, 6.07) is 3.86. The zero-order valence-electron chi connectivity index (χ0n) is 9.78. The first-order valence-electron chi connectivity index (χ1n) is 5.71. The zero-order chi connectivity index (χ0) is 12.8. The molecular weight excluding hydrogens is 242 g/mol. The predicted molar refractivity (Wildman–Crippen MR) is 70.7 cm³/mol. The van der Waals surface area contributed by atoms with Gasteiger partial charge in [0.1, 0.15) is 17.8 Å². The van der Waals surface area contributed by atoms with Crippen LogP contribution >= 0.6 is 0 Å². The number of nitrogens with one attached hydrogen (secondary N) is 1. The van der Waals surface area contributed by atoms with Gasteiger partial charge in [0.25, 0.3) is 0 Å². The van der Waals surface area contributed by atoms with Crippen molar-refractivity contribution in [3.8, 4) is 5.69 Å². The molecular formula is C12H9N7. The van der Waals surface area contributed by atoms with Gasteiger partial charge in [-0.3, -0.25) is 0 Å². The summed E-state index contributed by atoms with van der Waals surface area (Å²) in [5, 5.41) is 6.05. The van der Waals surface area contributed by atoms with Crippen LogP contribution in [-0.4, -0.2) is 29.7 Å². The molecule has 4 heterocycles. The normalized spacial score (nSPS) is 11.4. The second kappa shape index (κ2) is 3.52. The number of hydrogen-bond acceptors (Lipinski definition) is 5. The van der Waals surface area contributed by atoms with Gasteiger partial charge in [-0.15, -0.1) is 0 Å². The van der Waals surface area contributed by atoms with E-state index in [0.717, 1.165) is 22.1 Å². The Morgan fingerprint density at radius 2 is 2.11 bits per heavy atom. The number of anilines is 1. The van der Waals surface area contributed by atoms with Crippen LogP contribution in [0.3, 0.4) is 0 Å². The van der Waals surface area contributed by atoms with Crippen molar-refractivity contribution in [3.05, 3.63) is 37.1 Å². The molecule has 7 nitrogen and oxygen atoms in total. The average Bonchev–Trinajstić information content (AvgIpc) is 3.02. The molecule has 0 saturated heterocycles. The lowest BCUT2D eigenvalue weighted by molar-refractivity contribution is 0.901. The minimum Gasteiger partial charge on any atom is -0.383 e. The molecule has 0 amide bonds. The smallest absolute Gasteiger partial charge is 0.168 e. The maximum atomic E-state index is 5.81. The molecule has 0 spiro atoms. The van der Waals surface area contributed by atoms with Crippen molar-refractivity contribution in [1.82, 2.24) is 29.7 Å². The maximum absolute atomic E-state index is 5.81. The summed E-state index contributed by atoms with van der Waals surface area (Å²) in [6.07, 6.45) is 6.69. The van der Waals surface area contributed by atoms with Crippen molar-refractivity contribution in [2.24, 2.45) is 0 Å². The Balaban J connectivity index is 2.07. The maximum Gasteiger partial charge on any atom is 0.168 e. The quantitative estimate of drug-likeness (QED) is 0.531. The lowest BCUT2D eigenvalue weighted by Crippen LogP contribution is -1.98. The summed E-state index contributed by atoms with van der Waals surface area (Å²) in [5.74, 6) is 0.425. The standard InChI is InChI=1S/C12H9N7/c13-10-8-4-18-19(12(8)17-6-16-10)9-5-15-11-7(9)2-1-3-14-11/h1-6H,(H,14,15)(H2,13,16,17). The minimum atomic E-state index is 0.425. The van der Waals surface area contributed by atoms with Gasteiger partial charge in [0.05, 0.1) is 17.3 Å². The fraction of sp³-hybridized carbons (Fsp3) is 0. The number of nitrogens with two attached hydrogens (primary N) is 1. The van der Waals surface area contributed by atoms with Gasteiger partial charge in [-0.25, -0.2) is 19.6 Å². The van der Waals surface area contributed by atoms with E-state index < -0.39 is 0 Å². The largest absolute Gasteiger partial charge is 0.383 e. The molecule has 4 rings (SSSR count). The zero-order valence-corrected chi connectivity index (χ0v) is 9.78. The van der Waals surface area contributed by atoms with E-state index >= 15 is 0 Å². The number of aromatic amines is 1. The summed E-state index contributed by atoms with van der Waals surface area (Å²) in [7, 11) is 0. The molecule has 0 aromatic carbocycles. The van der Waals surface area contributed by atoms with E-state index in [9.17, 15) is 0 Å². The highest BCUT2D eigenvalue weighted by Crippen LogP contribution is 2.24. The number of rotatable bonds is 1. The van der Waals surface area contributed by atoms with Crippen molar-refractivity contribution in [2.45, 2.75) is 0 Å². The monoisotopic (exact) mass is 251 g/mol. The van der Waals surface area contributed by atoms with Crippen LogP contribution in [0.1, 0.15) is 0 Å². The molecule has 0 unspecified atom stereocenters. The summed E-state index contributed by atoms with van der Waals surface area (Å²) in [4.78, 5) is 15.6. The summed E-state index contributed by atoms with van der Waals surface area (Å²) >= 11 is 0. The van der Waals surface area contributed by atoms with Gasteiger partial charge < -0.3 is 10.7 Å². The molecule has 3 N–H and O–H groups in total. The van der Waals surface area contributed by atoms with Gasteiger partial charge in [0, 0.05) is 17.8 Å². The van der Waals surface area contributed by atoms with Crippen molar-refractivity contribution < 1.29 is 0 Å². The molecule has 7 heteroatoms. The first-order chi connectivity index (χ1) is 9.34. The van der Waals surface area contributed by atoms with Crippen LogP contribution < -0.4 is 5.73 Å². The Morgan fingerprint density at radius 1 is 1.16 bits per heavy atom. The number of nitrogen functional groups attached to an aromatic ring is 1. The first kappa shape index (κ1) is 10.0. The molecule has 19 heavy (non-hydrogen) atoms. The van der Waals surface area contributed by atoms with Crippen LogP contribution in [0, 0.1) is 0 Å². The van der Waals surface area contributed by atoms with E-state index in [-0.39, 0.29) is 0 Å². The highest BCUT2D eigenvalue weighted by atomic mass is 15.3. The lowest BCUT2D eigenvalue weighted by Gasteiger charge is -2.00. The molecule has 0 saturated carbocycles. The van der Waals surface area contributed by atoms with Crippen LogP contribution in [0.4, 0.5) is 5.82 Å². The van der Waals surface area contributed by atoms with E-state index in [4.69, 9.17) is 5.73 Å². The number of fused-ring (bicyclic) bond motifs is 2. The second-order valence-electron chi connectivity index (χ2n) is 4.13. The van der Waals surface area contributed by atoms with Crippen LogP contribution in [0.2, 0.25) is 0 Å². The molecule has 4 aromatic heterocycles. The highest BCUT2D eigenvalue weighted by Gasteiger charge is 2.12. The molecule has 0 aliphatic rings. The third kappa shape index (κ3) is 1.32. The van der Waals surface area contributed by atoms with E-state index in [0.29, 0.717) is 11.5 Å². The van der Waals surface area contributed by atoms with Gasteiger partial charge in [-0.05, 0) is 12.1 Å². The van der Waals surface area contributed by atoms with Crippen LogP contribution in [0.25, 0.3) is 27.8 Å². The number of nitrogens with zero attached hydrogens (tertiary/aromatic N) is 5. The summed E-state index contributed by atoms with van der Waals surface area (Å²) in [6.45, 7) is 0. The van der Waals surface area contributed by atoms with Crippen molar-refractivity contribution in [3.63, 3.8) is 0 Å². The molecule has 92 valence electrons. The van der Waals surface area contributed by atoms with Crippen molar-refractivity contribution >= 4 is 27.9 Å². The topological polar surface area (TPSA) is 98.3 Å². The van der Waals surface area contributed by atoms with E-state index in [2.05, 4.69) is 25.0 Å². The van der Waals surface area contributed by atoms with Gasteiger partial charge in [0.15, 0.2) is 5.65 Å². The van der Waals surface area contributed by atoms with Crippen molar-refractivity contribution in [1.29, 1.82) is 0 Å². The van der Waals surface area contributed by atoms with Crippen LogP contribution in [-0.2, 0) is 0 Å². The first-order valence-corrected chi connectivity index (χ1v) is 5.71. The molecule has 4 aromatic rings. The summed E-state index contributed by atoms with van der Waals surface area (Å²) in [5.41, 5.74) is 8.18. The van der Waals surface area contributed by atoms with Gasteiger partial charge in [-0.2, -0.15) is 5.10 Å². The second-order valence-corrected chi connectivity index (χ2v) is 4.13. The van der Waals surface area contributed by atoms with Gasteiger partial charge >= 0.3 is 0 Å². The van der Waals surface area contributed by atoms with Crippen LogP contribution in [0.15, 0.2) is 37.1 Å². The van der Waals surface area contributed by atoms with Crippen LogP contribution in [0.5, 0.6) is 0 Å². The molecule has 0 fully saturated rings. The third-order valence-electron chi connectivity index (χ3n) is 3.05. The van der Waals surface area contributed by atoms with Gasteiger partial charge in [0.2, 0.25) is 0 Å². The van der Waals surface area contributed by atoms with E-state index in [1.165, 1.54) is 6.33 Å². The van der Waals surface area contributed by atoms with E-state index in [1.54, 1.807) is 17.1 Å². The summed E-state index contributed by atoms with van der Waals surface area (Å²) < 4.78 is 1.73. The fourth-order valence-electron chi connectivity index (χ4n) is 2.16. The Hall–Kier alpha value is -2.96. The molecule has 0 radical (unpaired) electrons. The number of pyridine rings is 1. The molecule has 0 atom stereocenters. The fourth-order valence-corrected chi connectivity index (χ4v) is 2.16. The predicted octanol–water partition coefficient (Wildman–Crippen LogP) is 1.27. The Bertz CT molecular complexity index is 889. The lowest BCUT2D eigenvalue weighted by atomic mass is 10.3. The molecule has 0 bridgehead atoms.